The highest BCUT2D eigenvalue weighted by Crippen LogP contribution is 2.39. The predicted octanol–water partition coefficient (Wildman–Crippen LogP) is 6.92. The van der Waals surface area contributed by atoms with E-state index in [9.17, 15) is 28.8 Å². The fourth-order valence-electron chi connectivity index (χ4n) is 5.09. The van der Waals surface area contributed by atoms with Crippen molar-refractivity contribution in [3.63, 3.8) is 0 Å². The van der Waals surface area contributed by atoms with Crippen LogP contribution < -0.4 is 0 Å². The van der Waals surface area contributed by atoms with E-state index in [0.717, 1.165) is 77.0 Å². The van der Waals surface area contributed by atoms with Gasteiger partial charge < -0.3 is 14.2 Å². The van der Waals surface area contributed by atoms with Crippen molar-refractivity contribution in [2.45, 2.75) is 149 Å². The van der Waals surface area contributed by atoms with Crippen molar-refractivity contribution in [3.05, 3.63) is 0 Å². The molecule has 1 saturated carbocycles. The number of rotatable bonds is 21. The molecule has 0 aromatic heterocycles. The molecule has 1 rings (SSSR count). The molecule has 0 aromatic carbocycles. The smallest absolute Gasteiger partial charge is 0.317 e. The molecule has 0 spiro atoms. The number of esters is 6. The standard InChI is InChI=1S/C32H52O9/c1-4-7-10-13-16-19-27(33)39-30(36)24-22-25(31(37)40-28(34)20-17-14-11-8-5-2)26(23-24)32(38)41-29(35)21-18-15-12-9-6-3/h24-26H,4-23H2,1-3H3. The minimum absolute atomic E-state index is 0.0754. The molecule has 1 aliphatic carbocycles. The monoisotopic (exact) mass is 580 g/mol. The first-order valence-corrected chi connectivity index (χ1v) is 16.0. The second-order valence-electron chi connectivity index (χ2n) is 11.3. The van der Waals surface area contributed by atoms with Crippen molar-refractivity contribution >= 4 is 35.8 Å². The molecule has 234 valence electrons. The summed E-state index contributed by atoms with van der Waals surface area (Å²) in [5.41, 5.74) is 0. The maximum atomic E-state index is 12.9. The van der Waals surface area contributed by atoms with Crippen LogP contribution in [0, 0.1) is 17.8 Å². The van der Waals surface area contributed by atoms with Gasteiger partial charge in [0.1, 0.15) is 0 Å². The SMILES string of the molecule is CCCCCCCC(=O)OC(=O)C1CC(C(=O)OC(=O)CCCCCCC)C(C(=O)OC(=O)CCCCCCC)C1. The molecule has 0 saturated heterocycles. The zero-order valence-corrected chi connectivity index (χ0v) is 25.5. The minimum Gasteiger partial charge on any atom is -0.393 e. The maximum Gasteiger partial charge on any atom is 0.317 e. The molecule has 0 amide bonds. The van der Waals surface area contributed by atoms with Gasteiger partial charge in [-0.3, -0.25) is 28.8 Å². The summed E-state index contributed by atoms with van der Waals surface area (Å²) < 4.78 is 15.1. The lowest BCUT2D eigenvalue weighted by Gasteiger charge is -2.16. The molecular weight excluding hydrogens is 528 g/mol. The molecule has 1 fully saturated rings. The summed E-state index contributed by atoms with van der Waals surface area (Å²) in [7, 11) is 0. The third-order valence-corrected chi connectivity index (χ3v) is 7.60. The third kappa shape index (κ3) is 15.9. The van der Waals surface area contributed by atoms with Crippen LogP contribution in [-0.4, -0.2) is 35.8 Å². The molecule has 9 heteroatoms. The number of carbonyl (C=O) groups excluding carboxylic acids is 6. The Morgan fingerprint density at radius 1 is 0.439 bits per heavy atom. The van der Waals surface area contributed by atoms with Crippen molar-refractivity contribution < 1.29 is 43.0 Å². The van der Waals surface area contributed by atoms with E-state index >= 15 is 0 Å². The average molecular weight is 581 g/mol. The lowest BCUT2D eigenvalue weighted by atomic mass is 9.96. The van der Waals surface area contributed by atoms with Gasteiger partial charge in [0.05, 0.1) is 17.8 Å². The molecule has 1 aliphatic rings. The van der Waals surface area contributed by atoms with Gasteiger partial charge in [-0.25, -0.2) is 0 Å². The van der Waals surface area contributed by atoms with Gasteiger partial charge in [0.25, 0.3) is 0 Å². The normalized spacial score (nSPS) is 18.1. The second-order valence-corrected chi connectivity index (χ2v) is 11.3. The van der Waals surface area contributed by atoms with Gasteiger partial charge in [0.2, 0.25) is 0 Å². The molecular formula is C32H52O9. The fourth-order valence-corrected chi connectivity index (χ4v) is 5.09. The Morgan fingerprint density at radius 2 is 0.732 bits per heavy atom. The van der Waals surface area contributed by atoms with E-state index < -0.39 is 53.6 Å². The fraction of sp³-hybridized carbons (Fsp3) is 0.812. The summed E-state index contributed by atoms with van der Waals surface area (Å²) in [4.78, 5) is 75.3. The van der Waals surface area contributed by atoms with E-state index in [1.165, 1.54) is 0 Å². The highest BCUT2D eigenvalue weighted by Gasteiger charge is 2.48. The topological polar surface area (TPSA) is 130 Å². The van der Waals surface area contributed by atoms with E-state index in [2.05, 4.69) is 20.8 Å². The summed E-state index contributed by atoms with van der Waals surface area (Å²) in [6, 6.07) is 0. The van der Waals surface area contributed by atoms with Crippen molar-refractivity contribution in [2.75, 3.05) is 0 Å². The number of hydrogen-bond acceptors (Lipinski definition) is 9. The Morgan fingerprint density at radius 3 is 1.05 bits per heavy atom. The van der Waals surface area contributed by atoms with E-state index in [-0.39, 0.29) is 32.1 Å². The second kappa shape index (κ2) is 22.1. The highest BCUT2D eigenvalue weighted by molar-refractivity contribution is 5.94. The lowest BCUT2D eigenvalue weighted by Crippen LogP contribution is -2.31. The first kappa shape index (κ1) is 36.4. The molecule has 0 heterocycles. The van der Waals surface area contributed by atoms with Gasteiger partial charge >= 0.3 is 35.8 Å². The highest BCUT2D eigenvalue weighted by atomic mass is 16.6. The van der Waals surface area contributed by atoms with Crippen LogP contribution in [0.5, 0.6) is 0 Å². The minimum atomic E-state index is -1.15. The molecule has 9 nitrogen and oxygen atoms in total. The van der Waals surface area contributed by atoms with Gasteiger partial charge in [-0.15, -0.1) is 0 Å². The summed E-state index contributed by atoms with van der Waals surface area (Å²) >= 11 is 0. The van der Waals surface area contributed by atoms with Crippen molar-refractivity contribution in [3.8, 4) is 0 Å². The Bertz CT molecular complexity index is 787. The number of hydrogen-bond donors (Lipinski definition) is 0. The lowest BCUT2D eigenvalue weighted by molar-refractivity contribution is -0.171. The van der Waals surface area contributed by atoms with Crippen LogP contribution in [0.15, 0.2) is 0 Å². The average Bonchev–Trinajstić information content (AvgIpc) is 3.39. The van der Waals surface area contributed by atoms with Gasteiger partial charge in [-0.2, -0.15) is 0 Å². The van der Waals surface area contributed by atoms with Gasteiger partial charge in [0.15, 0.2) is 0 Å². The predicted molar refractivity (Wildman–Crippen MR) is 153 cm³/mol. The number of unbranched alkanes of at least 4 members (excludes halogenated alkanes) is 12. The van der Waals surface area contributed by atoms with E-state index in [1.54, 1.807) is 0 Å². The largest absolute Gasteiger partial charge is 0.393 e. The summed E-state index contributed by atoms with van der Waals surface area (Å²) in [5.74, 6) is -7.91. The zero-order valence-electron chi connectivity index (χ0n) is 25.5. The van der Waals surface area contributed by atoms with E-state index in [1.807, 2.05) is 0 Å². The van der Waals surface area contributed by atoms with Crippen LogP contribution in [0.1, 0.15) is 149 Å². The molecule has 0 aromatic rings. The van der Waals surface area contributed by atoms with E-state index in [0.29, 0.717) is 19.3 Å². The third-order valence-electron chi connectivity index (χ3n) is 7.60. The Balaban J connectivity index is 2.75. The summed E-state index contributed by atoms with van der Waals surface area (Å²) in [6.45, 7) is 6.27. The summed E-state index contributed by atoms with van der Waals surface area (Å²) in [5, 5.41) is 0. The molecule has 2 unspecified atom stereocenters. The molecule has 0 N–H and O–H groups in total. The quantitative estimate of drug-likeness (QED) is 0.0614. The van der Waals surface area contributed by atoms with Crippen LogP contribution in [-0.2, 0) is 43.0 Å². The maximum absolute atomic E-state index is 12.9. The molecule has 41 heavy (non-hydrogen) atoms. The van der Waals surface area contributed by atoms with Crippen molar-refractivity contribution in [2.24, 2.45) is 17.8 Å². The first-order valence-electron chi connectivity index (χ1n) is 16.0. The number of ether oxygens (including phenoxy) is 3. The Kier molecular flexibility index (Phi) is 19.6. The zero-order chi connectivity index (χ0) is 30.5. The van der Waals surface area contributed by atoms with E-state index in [4.69, 9.17) is 14.2 Å². The van der Waals surface area contributed by atoms with Gasteiger partial charge in [-0.05, 0) is 32.1 Å². The van der Waals surface area contributed by atoms with Gasteiger partial charge in [0, 0.05) is 19.3 Å². The Hall–Kier alpha value is -2.58. The van der Waals surface area contributed by atoms with Crippen molar-refractivity contribution in [1.29, 1.82) is 0 Å². The molecule has 2 atom stereocenters. The van der Waals surface area contributed by atoms with Gasteiger partial charge in [-0.1, -0.05) is 97.8 Å². The molecule has 0 aliphatic heterocycles. The van der Waals surface area contributed by atoms with Crippen molar-refractivity contribution in [1.82, 2.24) is 0 Å². The van der Waals surface area contributed by atoms with Crippen LogP contribution in [0.2, 0.25) is 0 Å². The molecule has 0 bridgehead atoms. The van der Waals surface area contributed by atoms with Crippen LogP contribution >= 0.6 is 0 Å². The molecule has 0 radical (unpaired) electrons. The Labute approximate surface area is 245 Å². The number of carbonyl (C=O) groups is 6. The first-order chi connectivity index (χ1) is 19.7. The summed E-state index contributed by atoms with van der Waals surface area (Å²) in [6.07, 6.45) is 13.7. The van der Waals surface area contributed by atoms with Crippen LogP contribution in [0.4, 0.5) is 0 Å². The van der Waals surface area contributed by atoms with Crippen LogP contribution in [0.3, 0.4) is 0 Å². The van der Waals surface area contributed by atoms with Crippen LogP contribution in [0.25, 0.3) is 0 Å².